The topological polar surface area (TPSA) is 47.4 Å². The van der Waals surface area contributed by atoms with Gasteiger partial charge in [-0.15, -0.1) is 11.3 Å². The van der Waals surface area contributed by atoms with Crippen molar-refractivity contribution in [3.05, 3.63) is 81.9 Å². The molecule has 2 fully saturated rings. The molecule has 2 bridgehead atoms. The second-order valence-electron chi connectivity index (χ2n) is 9.42. The summed E-state index contributed by atoms with van der Waals surface area (Å²) in [4.78, 5) is 21.3. The van der Waals surface area contributed by atoms with E-state index in [1.807, 2.05) is 48.5 Å². The lowest BCUT2D eigenvalue weighted by atomic mass is 10.0. The molecule has 0 spiro atoms. The van der Waals surface area contributed by atoms with Crippen LogP contribution in [0.5, 0.6) is 5.75 Å². The van der Waals surface area contributed by atoms with Crippen molar-refractivity contribution in [3.8, 4) is 16.2 Å². The number of halogens is 1. The van der Waals surface area contributed by atoms with Gasteiger partial charge < -0.3 is 9.64 Å². The average Bonchev–Trinajstić information content (AvgIpc) is 3.34. The molecule has 174 valence electrons. The van der Waals surface area contributed by atoms with Gasteiger partial charge in [-0.1, -0.05) is 35.9 Å². The molecule has 2 aliphatic heterocycles. The Morgan fingerprint density at radius 2 is 1.85 bits per heavy atom. The standard InChI is InChI=1S/C27H26ClN3O2S/c1-30-20-9-10-21(30)13-23(12-20)33-22-4-2-3-17(11-22)15-31-16-29-24-14-25(34-26(24)27(31)32)18-5-7-19(28)8-6-18/h2-8,11,14,16,20-21,23H,9-10,12-13,15H2,1H3. The third-order valence-electron chi connectivity index (χ3n) is 7.24. The molecule has 4 aromatic rings. The summed E-state index contributed by atoms with van der Waals surface area (Å²) in [6.45, 7) is 0.464. The fourth-order valence-electron chi connectivity index (χ4n) is 5.38. The molecule has 0 saturated carbocycles. The first-order valence-electron chi connectivity index (χ1n) is 11.8. The van der Waals surface area contributed by atoms with Crippen LogP contribution in [0, 0.1) is 0 Å². The van der Waals surface area contributed by atoms with E-state index in [1.165, 1.54) is 24.2 Å². The van der Waals surface area contributed by atoms with Crippen LogP contribution in [0.15, 0.2) is 65.7 Å². The number of rotatable bonds is 5. The van der Waals surface area contributed by atoms with Crippen molar-refractivity contribution in [3.63, 3.8) is 0 Å². The summed E-state index contributed by atoms with van der Waals surface area (Å²) < 4.78 is 8.74. The molecule has 0 radical (unpaired) electrons. The molecule has 2 aromatic carbocycles. The number of fused-ring (bicyclic) bond motifs is 3. The van der Waals surface area contributed by atoms with Gasteiger partial charge in [-0.3, -0.25) is 9.36 Å². The number of nitrogens with zero attached hydrogens (tertiary/aromatic N) is 3. The Bertz CT molecular complexity index is 1380. The molecule has 7 heteroatoms. The van der Waals surface area contributed by atoms with Gasteiger partial charge in [0.2, 0.25) is 0 Å². The van der Waals surface area contributed by atoms with Gasteiger partial charge in [0.25, 0.3) is 5.56 Å². The molecule has 5 nitrogen and oxygen atoms in total. The minimum atomic E-state index is -0.0200. The summed E-state index contributed by atoms with van der Waals surface area (Å²) in [5.74, 6) is 0.884. The minimum absolute atomic E-state index is 0.0200. The maximum absolute atomic E-state index is 13.2. The van der Waals surface area contributed by atoms with Crippen LogP contribution < -0.4 is 10.3 Å². The first-order valence-corrected chi connectivity index (χ1v) is 13.0. The van der Waals surface area contributed by atoms with E-state index in [2.05, 4.69) is 23.0 Å². The Morgan fingerprint density at radius 3 is 2.62 bits per heavy atom. The Kier molecular flexibility index (Phi) is 5.68. The Balaban J connectivity index is 1.21. The van der Waals surface area contributed by atoms with Crippen molar-refractivity contribution >= 4 is 33.2 Å². The van der Waals surface area contributed by atoms with Crippen LogP contribution in [0.25, 0.3) is 20.7 Å². The largest absolute Gasteiger partial charge is 0.490 e. The summed E-state index contributed by atoms with van der Waals surface area (Å²) >= 11 is 7.49. The maximum atomic E-state index is 13.2. The van der Waals surface area contributed by atoms with Crippen molar-refractivity contribution in [1.82, 2.24) is 14.5 Å². The van der Waals surface area contributed by atoms with E-state index in [9.17, 15) is 4.79 Å². The van der Waals surface area contributed by atoms with Crippen molar-refractivity contribution in [2.24, 2.45) is 0 Å². The van der Waals surface area contributed by atoms with E-state index < -0.39 is 0 Å². The second kappa shape index (κ2) is 8.84. The minimum Gasteiger partial charge on any atom is -0.490 e. The van der Waals surface area contributed by atoms with E-state index in [1.54, 1.807) is 10.9 Å². The highest BCUT2D eigenvalue weighted by atomic mass is 35.5. The lowest BCUT2D eigenvalue weighted by molar-refractivity contribution is 0.0661. The van der Waals surface area contributed by atoms with Crippen molar-refractivity contribution in [2.75, 3.05) is 7.05 Å². The van der Waals surface area contributed by atoms with Gasteiger partial charge in [0.1, 0.15) is 16.6 Å². The molecule has 4 heterocycles. The van der Waals surface area contributed by atoms with Crippen LogP contribution in [0.4, 0.5) is 0 Å². The van der Waals surface area contributed by atoms with E-state index in [-0.39, 0.29) is 11.7 Å². The summed E-state index contributed by atoms with van der Waals surface area (Å²) in [5.41, 5.74) is 2.77. The van der Waals surface area contributed by atoms with Gasteiger partial charge in [-0.25, -0.2) is 4.98 Å². The molecular weight excluding hydrogens is 466 g/mol. The number of ether oxygens (including phenoxy) is 1. The van der Waals surface area contributed by atoms with Crippen LogP contribution >= 0.6 is 22.9 Å². The van der Waals surface area contributed by atoms with Crippen LogP contribution in [0.1, 0.15) is 31.2 Å². The van der Waals surface area contributed by atoms with Gasteiger partial charge in [0.15, 0.2) is 0 Å². The molecule has 2 aliphatic rings. The van der Waals surface area contributed by atoms with Crippen molar-refractivity contribution in [2.45, 2.75) is 50.4 Å². The SMILES string of the molecule is CN1C2CCC1CC(Oc1cccc(Cn3cnc4cc(-c5ccc(Cl)cc5)sc4c3=O)c1)C2. The van der Waals surface area contributed by atoms with Gasteiger partial charge in [0.05, 0.1) is 18.4 Å². The van der Waals surface area contributed by atoms with Gasteiger partial charge in [0, 0.05) is 22.0 Å². The fourth-order valence-corrected chi connectivity index (χ4v) is 6.57. The molecule has 2 aromatic heterocycles. The smallest absolute Gasteiger partial charge is 0.271 e. The Labute approximate surface area is 207 Å². The number of hydrogen-bond acceptors (Lipinski definition) is 5. The van der Waals surface area contributed by atoms with Gasteiger partial charge in [-0.2, -0.15) is 0 Å². The molecule has 0 aliphatic carbocycles. The van der Waals surface area contributed by atoms with Crippen LogP contribution in [-0.2, 0) is 6.54 Å². The highest BCUT2D eigenvalue weighted by molar-refractivity contribution is 7.22. The number of benzene rings is 2. The maximum Gasteiger partial charge on any atom is 0.271 e. The van der Waals surface area contributed by atoms with E-state index in [0.717, 1.165) is 40.1 Å². The molecule has 2 unspecified atom stereocenters. The fraction of sp³-hybridized carbons (Fsp3) is 0.333. The Hall–Kier alpha value is -2.67. The van der Waals surface area contributed by atoms with Crippen molar-refractivity contribution in [1.29, 1.82) is 0 Å². The first-order chi connectivity index (χ1) is 16.5. The highest BCUT2D eigenvalue weighted by Gasteiger charge is 2.39. The van der Waals surface area contributed by atoms with Crippen LogP contribution in [-0.4, -0.2) is 39.7 Å². The summed E-state index contributed by atoms with van der Waals surface area (Å²) in [6.07, 6.45) is 6.65. The van der Waals surface area contributed by atoms with Crippen molar-refractivity contribution < 1.29 is 4.74 Å². The number of piperidine rings is 1. The zero-order valence-electron chi connectivity index (χ0n) is 19.0. The lowest BCUT2D eigenvalue weighted by Crippen LogP contribution is -2.43. The zero-order chi connectivity index (χ0) is 23.2. The van der Waals surface area contributed by atoms with Crippen LogP contribution in [0.3, 0.4) is 0 Å². The highest BCUT2D eigenvalue weighted by Crippen LogP contribution is 2.36. The average molecular weight is 492 g/mol. The lowest BCUT2D eigenvalue weighted by Gasteiger charge is -2.36. The summed E-state index contributed by atoms with van der Waals surface area (Å²) in [5, 5.41) is 0.694. The third kappa shape index (κ3) is 4.15. The monoisotopic (exact) mass is 491 g/mol. The summed E-state index contributed by atoms with van der Waals surface area (Å²) in [6, 6.07) is 19.0. The molecule has 6 rings (SSSR count). The normalized spacial score (nSPS) is 22.4. The molecular formula is C27H26ClN3O2S. The van der Waals surface area contributed by atoms with E-state index in [4.69, 9.17) is 16.3 Å². The van der Waals surface area contributed by atoms with Gasteiger partial charge >= 0.3 is 0 Å². The number of hydrogen-bond donors (Lipinski definition) is 0. The second-order valence-corrected chi connectivity index (χ2v) is 10.9. The molecule has 0 amide bonds. The predicted molar refractivity (Wildman–Crippen MR) is 138 cm³/mol. The molecule has 2 atom stereocenters. The third-order valence-corrected chi connectivity index (χ3v) is 8.65. The van der Waals surface area contributed by atoms with E-state index in [0.29, 0.717) is 28.4 Å². The number of aromatic nitrogens is 2. The quantitative estimate of drug-likeness (QED) is 0.352. The zero-order valence-corrected chi connectivity index (χ0v) is 20.6. The predicted octanol–water partition coefficient (Wildman–Crippen LogP) is 5.83. The summed E-state index contributed by atoms with van der Waals surface area (Å²) in [7, 11) is 2.24. The van der Waals surface area contributed by atoms with E-state index >= 15 is 0 Å². The van der Waals surface area contributed by atoms with Gasteiger partial charge in [-0.05, 0) is 74.2 Å². The molecule has 0 N–H and O–H groups in total. The Morgan fingerprint density at radius 1 is 1.09 bits per heavy atom. The number of thiophene rings is 1. The first kappa shape index (κ1) is 21.8. The molecule has 2 saturated heterocycles. The molecule has 34 heavy (non-hydrogen) atoms. The van der Waals surface area contributed by atoms with Crippen LogP contribution in [0.2, 0.25) is 5.02 Å².